The lowest BCUT2D eigenvalue weighted by molar-refractivity contribution is -0.138. The van der Waals surface area contributed by atoms with Crippen molar-refractivity contribution in [1.29, 1.82) is 0 Å². The van der Waals surface area contributed by atoms with Gasteiger partial charge in [-0.25, -0.2) is 4.79 Å². The topological polar surface area (TPSA) is 76.2 Å². The van der Waals surface area contributed by atoms with Crippen molar-refractivity contribution in [3.05, 3.63) is 46.2 Å². The van der Waals surface area contributed by atoms with Crippen molar-refractivity contribution in [2.45, 2.75) is 19.9 Å². The molecule has 0 aliphatic carbocycles. The molecule has 1 fully saturated rings. The highest BCUT2D eigenvalue weighted by Crippen LogP contribution is 2.36. The number of aryl methyl sites for hydroxylation is 2. The molecule has 1 unspecified atom stereocenters. The molecule has 1 saturated heterocycles. The molecule has 0 aromatic heterocycles. The van der Waals surface area contributed by atoms with E-state index in [0.29, 0.717) is 24.4 Å². The predicted octanol–water partition coefficient (Wildman–Crippen LogP) is 0.870. The Labute approximate surface area is 177 Å². The second kappa shape index (κ2) is 7.75. The summed E-state index contributed by atoms with van der Waals surface area (Å²) in [5.74, 6) is -0.217. The van der Waals surface area contributed by atoms with Gasteiger partial charge in [-0.3, -0.25) is 14.5 Å². The van der Waals surface area contributed by atoms with Gasteiger partial charge in [0.05, 0.1) is 23.9 Å². The third-order valence-electron chi connectivity index (χ3n) is 6.35. The zero-order valence-corrected chi connectivity index (χ0v) is 18.1. The van der Waals surface area contributed by atoms with Crippen molar-refractivity contribution in [3.8, 4) is 0 Å². The zero-order chi connectivity index (χ0) is 21.6. The lowest BCUT2D eigenvalue weighted by Gasteiger charge is -2.33. The van der Waals surface area contributed by atoms with E-state index in [2.05, 4.69) is 10.2 Å². The van der Waals surface area contributed by atoms with Crippen LogP contribution in [0.4, 0.5) is 4.79 Å². The van der Waals surface area contributed by atoms with E-state index in [9.17, 15) is 14.4 Å². The van der Waals surface area contributed by atoms with Crippen molar-refractivity contribution < 1.29 is 14.4 Å². The van der Waals surface area contributed by atoms with E-state index >= 15 is 0 Å². The van der Waals surface area contributed by atoms with E-state index in [0.717, 1.165) is 29.8 Å². The van der Waals surface area contributed by atoms with Crippen LogP contribution in [0.3, 0.4) is 0 Å². The molecule has 4 rings (SSSR count). The Kier molecular flexibility index (Phi) is 5.27. The van der Waals surface area contributed by atoms with Crippen LogP contribution in [0.5, 0.6) is 0 Å². The van der Waals surface area contributed by atoms with Gasteiger partial charge in [0.2, 0.25) is 5.91 Å². The normalized spacial score (nSPS) is 22.5. The molecule has 0 bridgehead atoms. The highest BCUT2D eigenvalue weighted by Gasteiger charge is 2.44. The van der Waals surface area contributed by atoms with Crippen LogP contribution in [0.2, 0.25) is 0 Å². The van der Waals surface area contributed by atoms with E-state index in [1.807, 2.05) is 44.0 Å². The van der Waals surface area contributed by atoms with Gasteiger partial charge in [0.15, 0.2) is 0 Å². The fourth-order valence-corrected chi connectivity index (χ4v) is 4.45. The van der Waals surface area contributed by atoms with Gasteiger partial charge in [-0.15, -0.1) is 0 Å². The number of amides is 4. The Balaban J connectivity index is 1.57. The van der Waals surface area contributed by atoms with Gasteiger partial charge in [0, 0.05) is 33.2 Å². The van der Waals surface area contributed by atoms with Crippen molar-refractivity contribution in [3.63, 3.8) is 0 Å². The number of carbonyl (C=O) groups is 3. The number of carbonyl (C=O) groups excluding carboxylic acids is 3. The van der Waals surface area contributed by atoms with Gasteiger partial charge in [0.1, 0.15) is 6.54 Å². The largest absolute Gasteiger partial charge is 0.339 e. The molecule has 1 N–H and O–H groups in total. The minimum absolute atomic E-state index is 0.0389. The second-order valence-electron chi connectivity index (χ2n) is 8.51. The molecule has 8 heteroatoms. The van der Waals surface area contributed by atoms with Crippen LogP contribution in [-0.2, 0) is 9.59 Å². The molecule has 1 aromatic rings. The third-order valence-corrected chi connectivity index (χ3v) is 6.35. The molecule has 3 aliphatic rings. The first kappa shape index (κ1) is 20.4. The highest BCUT2D eigenvalue weighted by atomic mass is 16.2. The smallest absolute Gasteiger partial charge is 0.322 e. The maximum absolute atomic E-state index is 13.3. The molecule has 1 aromatic carbocycles. The number of hydrogen-bond acceptors (Lipinski definition) is 4. The quantitative estimate of drug-likeness (QED) is 0.801. The predicted molar refractivity (Wildman–Crippen MR) is 113 cm³/mol. The molecular formula is C22H29N5O3. The molecule has 160 valence electrons. The van der Waals surface area contributed by atoms with E-state index in [1.54, 1.807) is 11.9 Å². The summed E-state index contributed by atoms with van der Waals surface area (Å²) in [7, 11) is 3.71. The maximum atomic E-state index is 13.3. The summed E-state index contributed by atoms with van der Waals surface area (Å²) in [5.41, 5.74) is 4.31. The number of urea groups is 1. The number of nitrogens with zero attached hydrogens (tertiary/aromatic N) is 4. The molecule has 1 atom stereocenters. The standard InChI is InChI=1S/C22H29N5O3/c1-14-5-6-16(15(2)11-14)20-19-17(25(4)22(30)23-20)12-27(21(19)29)13-18(28)26-9-7-24(3)8-10-26/h5-6,11,20H,7-10,12-13H2,1-4H3,(H,23,30). The number of hydrogen-bond donors (Lipinski definition) is 1. The van der Waals surface area contributed by atoms with Crippen LogP contribution >= 0.6 is 0 Å². The first-order valence-corrected chi connectivity index (χ1v) is 10.4. The van der Waals surface area contributed by atoms with Gasteiger partial charge in [-0.1, -0.05) is 23.8 Å². The number of likely N-dealkylation sites (N-methyl/N-ethyl adjacent to an activating group) is 2. The SMILES string of the molecule is Cc1ccc(C2NC(=O)N(C)C3=C2C(=O)N(CC(=O)N2CCN(C)CC2)C3)c(C)c1. The average Bonchev–Trinajstić information content (AvgIpc) is 3.02. The molecule has 3 heterocycles. The Morgan fingerprint density at radius 2 is 1.80 bits per heavy atom. The number of piperazine rings is 1. The van der Waals surface area contributed by atoms with Gasteiger partial charge < -0.3 is 20.0 Å². The Morgan fingerprint density at radius 1 is 1.10 bits per heavy atom. The molecular weight excluding hydrogens is 382 g/mol. The number of nitrogens with one attached hydrogen (secondary N) is 1. The van der Waals surface area contributed by atoms with Crippen LogP contribution < -0.4 is 5.32 Å². The van der Waals surface area contributed by atoms with Crippen LogP contribution in [0.1, 0.15) is 22.7 Å². The van der Waals surface area contributed by atoms with Gasteiger partial charge in [-0.05, 0) is 32.0 Å². The van der Waals surface area contributed by atoms with Crippen molar-refractivity contribution in [1.82, 2.24) is 24.9 Å². The van der Waals surface area contributed by atoms with E-state index < -0.39 is 6.04 Å². The van der Waals surface area contributed by atoms with Crippen molar-refractivity contribution in [2.75, 3.05) is 53.4 Å². The van der Waals surface area contributed by atoms with Gasteiger partial charge >= 0.3 is 6.03 Å². The van der Waals surface area contributed by atoms with Crippen LogP contribution in [0.25, 0.3) is 0 Å². The number of benzene rings is 1. The summed E-state index contributed by atoms with van der Waals surface area (Å²) >= 11 is 0. The second-order valence-corrected chi connectivity index (χ2v) is 8.51. The summed E-state index contributed by atoms with van der Waals surface area (Å²) in [5, 5.41) is 2.97. The van der Waals surface area contributed by atoms with Crippen molar-refractivity contribution in [2.24, 2.45) is 0 Å². The molecule has 3 aliphatic heterocycles. The lowest BCUT2D eigenvalue weighted by atomic mass is 9.91. The fraction of sp³-hybridized carbons (Fsp3) is 0.500. The molecule has 0 radical (unpaired) electrons. The van der Waals surface area contributed by atoms with E-state index in [1.165, 1.54) is 4.90 Å². The Bertz CT molecular complexity index is 933. The Hall–Kier alpha value is -2.87. The Morgan fingerprint density at radius 3 is 2.47 bits per heavy atom. The first-order valence-electron chi connectivity index (χ1n) is 10.4. The minimum atomic E-state index is -0.500. The third kappa shape index (κ3) is 3.56. The summed E-state index contributed by atoms with van der Waals surface area (Å²) in [4.78, 5) is 45.8. The van der Waals surface area contributed by atoms with Crippen LogP contribution in [-0.4, -0.2) is 90.8 Å². The number of rotatable bonds is 3. The molecule has 30 heavy (non-hydrogen) atoms. The van der Waals surface area contributed by atoms with Gasteiger partial charge in [0.25, 0.3) is 5.91 Å². The van der Waals surface area contributed by atoms with E-state index in [-0.39, 0.29) is 30.9 Å². The summed E-state index contributed by atoms with van der Waals surface area (Å²) in [6.07, 6.45) is 0. The van der Waals surface area contributed by atoms with Gasteiger partial charge in [-0.2, -0.15) is 0 Å². The van der Waals surface area contributed by atoms with Crippen LogP contribution in [0, 0.1) is 13.8 Å². The molecule has 0 saturated carbocycles. The molecule has 0 spiro atoms. The highest BCUT2D eigenvalue weighted by molar-refractivity contribution is 6.03. The van der Waals surface area contributed by atoms with E-state index in [4.69, 9.17) is 0 Å². The molecule has 4 amide bonds. The van der Waals surface area contributed by atoms with Crippen LogP contribution in [0.15, 0.2) is 29.5 Å². The summed E-state index contributed by atoms with van der Waals surface area (Å²) in [6.45, 7) is 7.35. The minimum Gasteiger partial charge on any atom is -0.339 e. The maximum Gasteiger partial charge on any atom is 0.322 e. The lowest BCUT2D eigenvalue weighted by Crippen LogP contribution is -2.50. The van der Waals surface area contributed by atoms with Crippen molar-refractivity contribution >= 4 is 17.8 Å². The first-order chi connectivity index (χ1) is 14.3. The fourth-order valence-electron chi connectivity index (χ4n) is 4.45. The monoisotopic (exact) mass is 411 g/mol. The average molecular weight is 412 g/mol. The summed E-state index contributed by atoms with van der Waals surface area (Å²) < 4.78 is 0. The summed E-state index contributed by atoms with van der Waals surface area (Å²) in [6, 6.07) is 5.27. The zero-order valence-electron chi connectivity index (χ0n) is 18.1. The molecule has 8 nitrogen and oxygen atoms in total.